The largest absolute Gasteiger partial charge is 0.488 e. The molecule has 10 nitrogen and oxygen atoms in total. The molecule has 15 heteroatoms. The number of carbonyl (C=O) groups excluding carboxylic acids is 2. The van der Waals surface area contributed by atoms with Crippen LogP contribution in [0.15, 0.2) is 71.6 Å². The van der Waals surface area contributed by atoms with Crippen molar-refractivity contribution in [2.24, 2.45) is 5.92 Å². The Morgan fingerprint density at radius 2 is 1.74 bits per heavy atom. The van der Waals surface area contributed by atoms with E-state index in [-0.39, 0.29) is 54.2 Å². The van der Waals surface area contributed by atoms with Crippen LogP contribution >= 0.6 is 11.6 Å². The van der Waals surface area contributed by atoms with E-state index in [9.17, 15) is 36.3 Å². The maximum absolute atomic E-state index is 13.5. The fourth-order valence-corrected chi connectivity index (χ4v) is 6.03. The number of halogens is 4. The number of anilines is 2. The molecule has 1 aliphatic rings. The molecule has 0 spiro atoms. The molecule has 0 aliphatic carbocycles. The quantitative estimate of drug-likeness (QED) is 0.289. The third-order valence-corrected chi connectivity index (χ3v) is 9.21. The highest BCUT2D eigenvalue weighted by atomic mass is 35.5. The highest BCUT2D eigenvalue weighted by molar-refractivity contribution is 7.92. The van der Waals surface area contributed by atoms with Crippen molar-refractivity contribution in [3.63, 3.8) is 0 Å². The maximum atomic E-state index is 13.5. The first-order valence-corrected chi connectivity index (χ1v) is 16.1. The molecule has 4 rings (SSSR count). The van der Waals surface area contributed by atoms with Crippen molar-refractivity contribution in [2.75, 3.05) is 36.8 Å². The summed E-state index contributed by atoms with van der Waals surface area (Å²) in [6, 6.07) is 13.1. The third kappa shape index (κ3) is 8.62. The second-order valence-corrected chi connectivity index (χ2v) is 13.3. The van der Waals surface area contributed by atoms with E-state index in [0.717, 1.165) is 24.3 Å². The van der Waals surface area contributed by atoms with Crippen LogP contribution in [0.2, 0.25) is 5.02 Å². The van der Waals surface area contributed by atoms with E-state index in [2.05, 4.69) is 10.0 Å². The van der Waals surface area contributed by atoms with Gasteiger partial charge in [-0.2, -0.15) is 13.2 Å². The molecule has 0 fully saturated rings. The first kappa shape index (κ1) is 34.9. The minimum absolute atomic E-state index is 0.0118. The van der Waals surface area contributed by atoms with E-state index in [0.29, 0.717) is 16.3 Å². The number of ether oxygens (including phenoxy) is 1. The highest BCUT2D eigenvalue weighted by Crippen LogP contribution is 2.31. The molecule has 0 radical (unpaired) electrons. The number of benzene rings is 3. The van der Waals surface area contributed by atoms with Crippen LogP contribution in [0.1, 0.15) is 25.0 Å². The summed E-state index contributed by atoms with van der Waals surface area (Å²) in [6.45, 7) is 3.43. The Kier molecular flexibility index (Phi) is 10.7. The number of aliphatic hydroxyl groups is 1. The molecule has 0 bridgehead atoms. The number of carbonyl (C=O) groups is 2. The molecule has 0 saturated carbocycles. The van der Waals surface area contributed by atoms with E-state index < -0.39 is 39.9 Å². The Labute approximate surface area is 270 Å². The monoisotopic (exact) mass is 682 g/mol. The van der Waals surface area contributed by atoms with Gasteiger partial charge in [-0.15, -0.1) is 0 Å². The summed E-state index contributed by atoms with van der Waals surface area (Å²) in [6.07, 6.45) is -5.34. The molecule has 3 aromatic rings. The highest BCUT2D eigenvalue weighted by Gasteiger charge is 2.33. The predicted molar refractivity (Wildman–Crippen MR) is 167 cm³/mol. The van der Waals surface area contributed by atoms with Crippen LogP contribution in [-0.4, -0.2) is 74.2 Å². The Morgan fingerprint density at radius 3 is 2.35 bits per heavy atom. The Bertz CT molecular complexity index is 1660. The van der Waals surface area contributed by atoms with E-state index in [4.69, 9.17) is 16.3 Å². The SMILES string of the molecule is C[C@@H]1CN([C@@H](C)CO)C(=O)Cc2cc(NS(=O)(=O)c3ccc(Cl)cc3)ccc2O[C@H]1CN(C)C(=O)Nc1ccc(C(F)(F)F)cc1. The fraction of sp³-hybridized carbons (Fsp3) is 0.355. The minimum Gasteiger partial charge on any atom is -0.488 e. The summed E-state index contributed by atoms with van der Waals surface area (Å²) in [4.78, 5) is 29.3. The van der Waals surface area contributed by atoms with E-state index in [1.54, 1.807) is 6.92 Å². The number of hydrogen-bond donors (Lipinski definition) is 3. The van der Waals surface area contributed by atoms with Crippen LogP contribution in [-0.2, 0) is 27.4 Å². The summed E-state index contributed by atoms with van der Waals surface area (Å²) in [5, 5.41) is 12.8. The number of rotatable bonds is 8. The smallest absolute Gasteiger partial charge is 0.416 e. The standard InChI is InChI=1S/C31H34ClF3N4O6S/c1-19-16-39(20(2)18-40)29(41)15-21-14-25(37-46(43,44)26-11-6-23(32)7-12-26)10-13-27(21)45-28(19)17-38(3)30(42)36-24-8-4-22(5-9-24)31(33,34)35/h4-14,19-20,28,37,40H,15-18H2,1-3H3,(H,36,42)/t19-,20+,28+/m1/s1. The van der Waals surface area contributed by atoms with E-state index in [1.165, 1.54) is 59.3 Å². The number of aliphatic hydroxyl groups excluding tert-OH is 1. The molecule has 0 unspecified atom stereocenters. The normalized spacial score (nSPS) is 17.9. The number of sulfonamides is 1. The van der Waals surface area contributed by atoms with Crippen molar-refractivity contribution < 1.29 is 41.0 Å². The van der Waals surface area contributed by atoms with Crippen molar-refractivity contribution in [1.82, 2.24) is 9.80 Å². The van der Waals surface area contributed by atoms with Crippen LogP contribution in [0.5, 0.6) is 5.75 Å². The van der Waals surface area contributed by atoms with Crippen molar-refractivity contribution in [3.05, 3.63) is 82.9 Å². The lowest BCUT2D eigenvalue weighted by atomic mass is 10.0. The lowest BCUT2D eigenvalue weighted by Crippen LogP contribution is -2.48. The lowest BCUT2D eigenvalue weighted by Gasteiger charge is -2.34. The van der Waals surface area contributed by atoms with Crippen LogP contribution in [0, 0.1) is 5.92 Å². The molecular formula is C31H34ClF3N4O6S. The molecule has 0 saturated heterocycles. The van der Waals surface area contributed by atoms with Crippen molar-refractivity contribution in [2.45, 2.75) is 43.5 Å². The average molecular weight is 683 g/mol. The molecule has 46 heavy (non-hydrogen) atoms. The van der Waals surface area contributed by atoms with Gasteiger partial charge < -0.3 is 25.0 Å². The number of likely N-dealkylation sites (N-methyl/N-ethyl adjacent to an activating group) is 1. The number of urea groups is 1. The molecule has 3 atom stereocenters. The molecular weight excluding hydrogens is 649 g/mol. The van der Waals surface area contributed by atoms with E-state index in [1.807, 2.05) is 6.92 Å². The van der Waals surface area contributed by atoms with Gasteiger partial charge in [0.05, 0.1) is 36.1 Å². The molecule has 248 valence electrons. The zero-order valence-electron chi connectivity index (χ0n) is 25.2. The molecule has 3 amide bonds. The van der Waals surface area contributed by atoms with Gasteiger partial charge in [0.15, 0.2) is 0 Å². The number of amides is 3. The van der Waals surface area contributed by atoms with Crippen molar-refractivity contribution >= 4 is 44.9 Å². The van der Waals surface area contributed by atoms with Gasteiger partial charge in [-0.3, -0.25) is 9.52 Å². The first-order chi connectivity index (χ1) is 21.6. The summed E-state index contributed by atoms with van der Waals surface area (Å²) in [5.41, 5.74) is -0.112. The summed E-state index contributed by atoms with van der Waals surface area (Å²) >= 11 is 5.89. The van der Waals surface area contributed by atoms with Crippen molar-refractivity contribution in [3.8, 4) is 5.75 Å². The van der Waals surface area contributed by atoms with Crippen molar-refractivity contribution in [1.29, 1.82) is 0 Å². The lowest BCUT2D eigenvalue weighted by molar-refractivity contribution is -0.137. The van der Waals surface area contributed by atoms with Gasteiger partial charge in [0.2, 0.25) is 5.91 Å². The zero-order valence-corrected chi connectivity index (χ0v) is 26.8. The predicted octanol–water partition coefficient (Wildman–Crippen LogP) is 5.47. The van der Waals surface area contributed by atoms with Gasteiger partial charge in [-0.05, 0) is 73.7 Å². The molecule has 0 aromatic heterocycles. The maximum Gasteiger partial charge on any atom is 0.416 e. The molecule has 1 heterocycles. The molecule has 3 aromatic carbocycles. The molecule has 3 N–H and O–H groups in total. The van der Waals surface area contributed by atoms with Crippen LogP contribution < -0.4 is 14.8 Å². The van der Waals surface area contributed by atoms with Gasteiger partial charge >= 0.3 is 12.2 Å². The van der Waals surface area contributed by atoms with Gasteiger partial charge in [0, 0.05) is 41.5 Å². The summed E-state index contributed by atoms with van der Waals surface area (Å²) in [5.74, 6) is -0.368. The van der Waals surface area contributed by atoms with Gasteiger partial charge in [-0.25, -0.2) is 13.2 Å². The Morgan fingerprint density at radius 1 is 1.11 bits per heavy atom. The first-order valence-electron chi connectivity index (χ1n) is 14.2. The third-order valence-electron chi connectivity index (χ3n) is 7.56. The van der Waals surface area contributed by atoms with Crippen LogP contribution in [0.4, 0.5) is 29.3 Å². The Hall–Kier alpha value is -4.01. The fourth-order valence-electron chi connectivity index (χ4n) is 4.85. The summed E-state index contributed by atoms with van der Waals surface area (Å²) < 4.78 is 73.6. The number of fused-ring (bicyclic) bond motifs is 1. The van der Waals surface area contributed by atoms with Crippen LogP contribution in [0.3, 0.4) is 0 Å². The Balaban J connectivity index is 1.58. The second kappa shape index (κ2) is 14.2. The topological polar surface area (TPSA) is 128 Å². The van der Waals surface area contributed by atoms with Gasteiger partial charge in [0.25, 0.3) is 10.0 Å². The second-order valence-electron chi connectivity index (χ2n) is 11.2. The number of nitrogens with one attached hydrogen (secondary N) is 2. The van der Waals surface area contributed by atoms with Gasteiger partial charge in [0.1, 0.15) is 11.9 Å². The van der Waals surface area contributed by atoms with Gasteiger partial charge in [-0.1, -0.05) is 18.5 Å². The zero-order chi connectivity index (χ0) is 33.8. The number of alkyl halides is 3. The average Bonchev–Trinajstić information content (AvgIpc) is 3.04. The molecule has 1 aliphatic heterocycles. The minimum atomic E-state index is -4.51. The van der Waals surface area contributed by atoms with E-state index >= 15 is 0 Å². The summed E-state index contributed by atoms with van der Waals surface area (Å²) in [7, 11) is -2.49. The number of hydrogen-bond acceptors (Lipinski definition) is 6. The van der Waals surface area contributed by atoms with Crippen LogP contribution in [0.25, 0.3) is 0 Å². The number of nitrogens with zero attached hydrogens (tertiary/aromatic N) is 2.